The fourth-order valence-corrected chi connectivity index (χ4v) is 2.52. The summed E-state index contributed by atoms with van der Waals surface area (Å²) in [5.41, 5.74) is 1.09. The van der Waals surface area contributed by atoms with Crippen LogP contribution in [0, 0.1) is 0 Å². The van der Waals surface area contributed by atoms with E-state index in [1.165, 1.54) is 0 Å². The third kappa shape index (κ3) is 3.80. The molecule has 2 rings (SSSR count). The molecule has 0 aliphatic carbocycles. The molecule has 1 atom stereocenters. The summed E-state index contributed by atoms with van der Waals surface area (Å²) in [6.45, 7) is 3.13. The number of thiophene rings is 1. The van der Waals surface area contributed by atoms with E-state index in [1.54, 1.807) is 16.2 Å². The van der Waals surface area contributed by atoms with Gasteiger partial charge in [-0.3, -0.25) is 4.79 Å². The number of morpholine rings is 1. The Bertz CT molecular complexity index is 347. The van der Waals surface area contributed by atoms with Gasteiger partial charge in [-0.25, -0.2) is 0 Å². The molecule has 1 N–H and O–H groups in total. The second kappa shape index (κ2) is 6.14. The molecule has 17 heavy (non-hydrogen) atoms. The molecule has 94 valence electrons. The van der Waals surface area contributed by atoms with Crippen molar-refractivity contribution in [2.75, 3.05) is 33.3 Å². The molecule has 1 amide bonds. The van der Waals surface area contributed by atoms with Crippen LogP contribution >= 0.6 is 11.3 Å². The van der Waals surface area contributed by atoms with Gasteiger partial charge in [0.05, 0.1) is 19.1 Å². The van der Waals surface area contributed by atoms with Gasteiger partial charge in [-0.1, -0.05) is 0 Å². The van der Waals surface area contributed by atoms with Crippen LogP contribution in [0.4, 0.5) is 0 Å². The average molecular weight is 254 g/mol. The predicted octanol–water partition coefficient (Wildman–Crippen LogP) is 0.737. The standard InChI is InChI=1S/C12H18N2O2S/c1-14(8-11-7-13-3-4-16-11)12(15)6-10-2-5-17-9-10/h2,5,9,11,13H,3-4,6-8H2,1H3. The summed E-state index contributed by atoms with van der Waals surface area (Å²) in [4.78, 5) is 13.7. The van der Waals surface area contributed by atoms with Gasteiger partial charge in [0.2, 0.25) is 5.91 Å². The van der Waals surface area contributed by atoms with Crippen LogP contribution in [0.5, 0.6) is 0 Å². The van der Waals surface area contributed by atoms with Crippen LogP contribution in [-0.2, 0) is 16.0 Å². The van der Waals surface area contributed by atoms with E-state index in [-0.39, 0.29) is 12.0 Å². The molecule has 2 heterocycles. The smallest absolute Gasteiger partial charge is 0.226 e. The summed E-state index contributed by atoms with van der Waals surface area (Å²) >= 11 is 1.62. The number of carbonyl (C=O) groups excluding carboxylic acids is 1. The van der Waals surface area contributed by atoms with E-state index < -0.39 is 0 Å². The van der Waals surface area contributed by atoms with Gasteiger partial charge in [0.1, 0.15) is 0 Å². The van der Waals surface area contributed by atoms with Crippen molar-refractivity contribution in [1.29, 1.82) is 0 Å². The first-order chi connectivity index (χ1) is 8.25. The Hall–Kier alpha value is -0.910. The second-order valence-corrected chi connectivity index (χ2v) is 5.06. The van der Waals surface area contributed by atoms with E-state index in [4.69, 9.17) is 4.74 Å². The maximum absolute atomic E-state index is 11.9. The molecular formula is C12H18N2O2S. The fourth-order valence-electron chi connectivity index (χ4n) is 1.85. The van der Waals surface area contributed by atoms with Gasteiger partial charge in [-0.05, 0) is 22.4 Å². The van der Waals surface area contributed by atoms with Crippen LogP contribution in [-0.4, -0.2) is 50.2 Å². The molecule has 0 radical (unpaired) electrons. The van der Waals surface area contributed by atoms with Gasteiger partial charge in [0.25, 0.3) is 0 Å². The summed E-state index contributed by atoms with van der Waals surface area (Å²) in [5, 5.41) is 7.28. The fraction of sp³-hybridized carbons (Fsp3) is 0.583. The number of likely N-dealkylation sites (N-methyl/N-ethyl adjacent to an activating group) is 1. The van der Waals surface area contributed by atoms with Crippen LogP contribution < -0.4 is 5.32 Å². The first-order valence-electron chi connectivity index (χ1n) is 5.83. The number of ether oxygens (including phenoxy) is 1. The number of carbonyl (C=O) groups is 1. The minimum absolute atomic E-state index is 0.125. The van der Waals surface area contributed by atoms with Gasteiger partial charge < -0.3 is 15.0 Å². The molecule has 0 aromatic carbocycles. The molecule has 4 nitrogen and oxygen atoms in total. The van der Waals surface area contributed by atoms with E-state index in [0.29, 0.717) is 13.0 Å². The third-order valence-corrected chi connectivity index (χ3v) is 3.58. The summed E-state index contributed by atoms with van der Waals surface area (Å²) in [7, 11) is 1.84. The third-order valence-electron chi connectivity index (χ3n) is 2.84. The van der Waals surface area contributed by atoms with Crippen molar-refractivity contribution in [2.45, 2.75) is 12.5 Å². The molecule has 0 bridgehead atoms. The maximum atomic E-state index is 11.9. The predicted molar refractivity (Wildman–Crippen MR) is 68.3 cm³/mol. The van der Waals surface area contributed by atoms with Crippen molar-refractivity contribution in [1.82, 2.24) is 10.2 Å². The number of hydrogen-bond donors (Lipinski definition) is 1. The molecule has 1 saturated heterocycles. The van der Waals surface area contributed by atoms with E-state index in [2.05, 4.69) is 5.32 Å². The molecule has 1 aromatic rings. The Morgan fingerprint density at radius 2 is 2.59 bits per heavy atom. The van der Waals surface area contributed by atoms with Crippen molar-refractivity contribution in [2.24, 2.45) is 0 Å². The molecule has 0 spiro atoms. The van der Waals surface area contributed by atoms with E-state index in [0.717, 1.165) is 25.3 Å². The zero-order valence-electron chi connectivity index (χ0n) is 10.0. The molecular weight excluding hydrogens is 236 g/mol. The first kappa shape index (κ1) is 12.5. The summed E-state index contributed by atoms with van der Waals surface area (Å²) in [6.07, 6.45) is 0.611. The van der Waals surface area contributed by atoms with Crippen LogP contribution in [0.25, 0.3) is 0 Å². The quantitative estimate of drug-likeness (QED) is 0.861. The lowest BCUT2D eigenvalue weighted by molar-refractivity contribution is -0.131. The van der Waals surface area contributed by atoms with Crippen LogP contribution in [0.15, 0.2) is 16.8 Å². The van der Waals surface area contributed by atoms with Gasteiger partial charge in [0, 0.05) is 26.7 Å². The lowest BCUT2D eigenvalue weighted by Crippen LogP contribution is -2.46. The van der Waals surface area contributed by atoms with E-state index >= 15 is 0 Å². The highest BCUT2D eigenvalue weighted by atomic mass is 32.1. The number of amides is 1. The van der Waals surface area contributed by atoms with Gasteiger partial charge in [0.15, 0.2) is 0 Å². The SMILES string of the molecule is CN(CC1CNCCO1)C(=O)Cc1ccsc1. The van der Waals surface area contributed by atoms with Crippen LogP contribution in [0.3, 0.4) is 0 Å². The molecule has 1 unspecified atom stereocenters. The molecule has 5 heteroatoms. The van der Waals surface area contributed by atoms with Gasteiger partial charge in [-0.2, -0.15) is 11.3 Å². The molecule has 0 saturated carbocycles. The Morgan fingerprint density at radius 1 is 1.71 bits per heavy atom. The lowest BCUT2D eigenvalue weighted by Gasteiger charge is -2.28. The number of nitrogens with zero attached hydrogens (tertiary/aromatic N) is 1. The zero-order valence-corrected chi connectivity index (χ0v) is 10.8. The van der Waals surface area contributed by atoms with Crippen molar-refractivity contribution < 1.29 is 9.53 Å². The normalized spacial score (nSPS) is 20.2. The van der Waals surface area contributed by atoms with Crippen LogP contribution in [0.1, 0.15) is 5.56 Å². The Kier molecular flexibility index (Phi) is 4.53. The lowest BCUT2D eigenvalue weighted by atomic mass is 10.2. The second-order valence-electron chi connectivity index (χ2n) is 4.28. The van der Waals surface area contributed by atoms with E-state index in [1.807, 2.05) is 23.9 Å². The minimum atomic E-state index is 0.125. The number of nitrogens with one attached hydrogen (secondary N) is 1. The Balaban J connectivity index is 1.78. The highest BCUT2D eigenvalue weighted by Gasteiger charge is 2.18. The summed E-state index contributed by atoms with van der Waals surface area (Å²) in [5.74, 6) is 0.151. The minimum Gasteiger partial charge on any atom is -0.374 e. The zero-order chi connectivity index (χ0) is 12.1. The van der Waals surface area contributed by atoms with Crippen molar-refractivity contribution in [3.05, 3.63) is 22.4 Å². The molecule has 1 fully saturated rings. The van der Waals surface area contributed by atoms with Crippen molar-refractivity contribution in [3.8, 4) is 0 Å². The van der Waals surface area contributed by atoms with E-state index in [9.17, 15) is 4.79 Å². The van der Waals surface area contributed by atoms with Crippen LogP contribution in [0.2, 0.25) is 0 Å². The monoisotopic (exact) mass is 254 g/mol. The van der Waals surface area contributed by atoms with Crippen molar-refractivity contribution in [3.63, 3.8) is 0 Å². The van der Waals surface area contributed by atoms with Crippen molar-refractivity contribution >= 4 is 17.2 Å². The number of rotatable bonds is 4. The maximum Gasteiger partial charge on any atom is 0.226 e. The summed E-state index contributed by atoms with van der Waals surface area (Å²) in [6, 6.07) is 2.00. The molecule has 1 aliphatic rings. The molecule has 1 aliphatic heterocycles. The average Bonchev–Trinajstić information content (AvgIpc) is 2.83. The highest BCUT2D eigenvalue weighted by molar-refractivity contribution is 7.07. The Morgan fingerprint density at radius 3 is 3.24 bits per heavy atom. The molecule has 1 aromatic heterocycles. The van der Waals surface area contributed by atoms with Gasteiger partial charge in [-0.15, -0.1) is 0 Å². The highest BCUT2D eigenvalue weighted by Crippen LogP contribution is 2.08. The first-order valence-corrected chi connectivity index (χ1v) is 6.77. The topological polar surface area (TPSA) is 41.6 Å². The van der Waals surface area contributed by atoms with Gasteiger partial charge >= 0.3 is 0 Å². The summed E-state index contributed by atoms with van der Waals surface area (Å²) < 4.78 is 5.58. The Labute approximate surface area is 106 Å². The number of hydrogen-bond acceptors (Lipinski definition) is 4. The largest absolute Gasteiger partial charge is 0.374 e.